The molecule has 2 amide bonds. The molecule has 2 rings (SSSR count). The molecular formula is C16H14ClFN2O3. The van der Waals surface area contributed by atoms with Crippen LogP contribution in [0.4, 0.5) is 4.39 Å². The summed E-state index contributed by atoms with van der Waals surface area (Å²) >= 11 is 5.57. The molecule has 0 aromatic heterocycles. The van der Waals surface area contributed by atoms with E-state index in [9.17, 15) is 19.1 Å². The number of nitrogens with two attached hydrogens (primary N) is 1. The molecule has 5 nitrogen and oxygen atoms in total. The molecule has 0 saturated heterocycles. The van der Waals surface area contributed by atoms with Crippen LogP contribution in [0.5, 0.6) is 0 Å². The maximum Gasteiger partial charge on any atom is 0.251 e. The van der Waals surface area contributed by atoms with Crippen molar-refractivity contribution in [2.75, 3.05) is 6.54 Å². The van der Waals surface area contributed by atoms with Crippen LogP contribution in [0, 0.1) is 5.82 Å². The van der Waals surface area contributed by atoms with Gasteiger partial charge in [-0.2, -0.15) is 0 Å². The van der Waals surface area contributed by atoms with Crippen LogP contribution in [-0.2, 0) is 0 Å². The van der Waals surface area contributed by atoms with E-state index in [-0.39, 0.29) is 11.6 Å². The highest BCUT2D eigenvalue weighted by molar-refractivity contribution is 6.30. The van der Waals surface area contributed by atoms with Crippen LogP contribution in [0.2, 0.25) is 5.02 Å². The predicted molar refractivity (Wildman–Crippen MR) is 83.7 cm³/mol. The molecule has 0 spiro atoms. The van der Waals surface area contributed by atoms with E-state index in [1.165, 1.54) is 36.4 Å². The topological polar surface area (TPSA) is 92.4 Å². The minimum absolute atomic E-state index is 0.0421. The Kier molecular flexibility index (Phi) is 5.31. The monoisotopic (exact) mass is 336 g/mol. The maximum atomic E-state index is 13.3. The molecule has 0 radical (unpaired) electrons. The lowest BCUT2D eigenvalue weighted by molar-refractivity contribution is 0.0915. The van der Waals surface area contributed by atoms with Gasteiger partial charge in [0.25, 0.3) is 5.91 Å². The van der Waals surface area contributed by atoms with Crippen molar-refractivity contribution in [1.82, 2.24) is 5.32 Å². The van der Waals surface area contributed by atoms with E-state index in [1.807, 2.05) is 0 Å². The Balaban J connectivity index is 1.97. The molecular weight excluding hydrogens is 323 g/mol. The van der Waals surface area contributed by atoms with Gasteiger partial charge in [-0.15, -0.1) is 0 Å². The van der Waals surface area contributed by atoms with Gasteiger partial charge in [-0.05, 0) is 42.0 Å². The standard InChI is InChI=1S/C16H14ClFN2O3/c17-12-6-5-11(7-13(12)18)14(21)8-20-16(23)10-3-1-9(2-4-10)15(19)22/h1-7,14,21H,8H2,(H2,19,22)(H,20,23). The summed E-state index contributed by atoms with van der Waals surface area (Å²) in [5, 5.41) is 12.4. The van der Waals surface area contributed by atoms with Crippen molar-refractivity contribution in [3.63, 3.8) is 0 Å². The normalized spacial score (nSPS) is 11.8. The molecule has 0 fully saturated rings. The molecule has 2 aromatic rings. The number of aliphatic hydroxyl groups excluding tert-OH is 1. The number of amides is 2. The van der Waals surface area contributed by atoms with Crippen molar-refractivity contribution in [2.45, 2.75) is 6.10 Å². The molecule has 1 unspecified atom stereocenters. The van der Waals surface area contributed by atoms with Gasteiger partial charge in [0.15, 0.2) is 0 Å². The Morgan fingerprint density at radius 2 is 1.78 bits per heavy atom. The summed E-state index contributed by atoms with van der Waals surface area (Å²) in [5.74, 6) is -1.66. The number of carbonyl (C=O) groups excluding carboxylic acids is 2. The number of primary amides is 1. The number of carbonyl (C=O) groups is 2. The molecule has 0 bridgehead atoms. The highest BCUT2D eigenvalue weighted by Crippen LogP contribution is 2.20. The first-order valence-electron chi connectivity index (χ1n) is 6.69. The van der Waals surface area contributed by atoms with Gasteiger partial charge >= 0.3 is 0 Å². The molecule has 4 N–H and O–H groups in total. The third kappa shape index (κ3) is 4.28. The average Bonchev–Trinajstić information content (AvgIpc) is 2.54. The van der Waals surface area contributed by atoms with Crippen molar-refractivity contribution >= 4 is 23.4 Å². The van der Waals surface area contributed by atoms with Crippen LogP contribution in [0.3, 0.4) is 0 Å². The Morgan fingerprint density at radius 1 is 1.17 bits per heavy atom. The fraction of sp³-hybridized carbons (Fsp3) is 0.125. The van der Waals surface area contributed by atoms with Crippen molar-refractivity contribution in [3.05, 3.63) is 70.0 Å². The molecule has 0 heterocycles. The number of hydrogen-bond acceptors (Lipinski definition) is 3. The van der Waals surface area contributed by atoms with Crippen LogP contribution in [-0.4, -0.2) is 23.5 Å². The van der Waals surface area contributed by atoms with Gasteiger partial charge < -0.3 is 16.2 Å². The number of rotatable bonds is 5. The first-order chi connectivity index (χ1) is 10.9. The number of benzene rings is 2. The van der Waals surface area contributed by atoms with Crippen LogP contribution in [0.15, 0.2) is 42.5 Å². The Hall–Kier alpha value is -2.44. The van der Waals surface area contributed by atoms with E-state index in [4.69, 9.17) is 17.3 Å². The fourth-order valence-corrected chi connectivity index (χ4v) is 2.03. The van der Waals surface area contributed by atoms with Crippen LogP contribution in [0.1, 0.15) is 32.4 Å². The summed E-state index contributed by atoms with van der Waals surface area (Å²) in [6.45, 7) is -0.0997. The number of halogens is 2. The lowest BCUT2D eigenvalue weighted by Crippen LogP contribution is -2.28. The quantitative estimate of drug-likeness (QED) is 0.780. The van der Waals surface area contributed by atoms with E-state index < -0.39 is 23.7 Å². The fourth-order valence-electron chi connectivity index (χ4n) is 1.91. The number of aliphatic hydroxyl groups is 1. The molecule has 0 saturated carbocycles. The van der Waals surface area contributed by atoms with Crippen LogP contribution >= 0.6 is 11.6 Å². The highest BCUT2D eigenvalue weighted by Gasteiger charge is 2.13. The first kappa shape index (κ1) is 16.9. The van der Waals surface area contributed by atoms with Crippen molar-refractivity contribution in [2.24, 2.45) is 5.73 Å². The smallest absolute Gasteiger partial charge is 0.251 e. The van der Waals surface area contributed by atoms with E-state index in [0.29, 0.717) is 16.7 Å². The van der Waals surface area contributed by atoms with Crippen molar-refractivity contribution in [3.8, 4) is 0 Å². The first-order valence-corrected chi connectivity index (χ1v) is 7.07. The Bertz CT molecular complexity index is 735. The summed E-state index contributed by atoms with van der Waals surface area (Å²) in [5.41, 5.74) is 6.01. The zero-order valence-electron chi connectivity index (χ0n) is 11.9. The summed E-state index contributed by atoms with van der Waals surface area (Å²) in [6.07, 6.45) is -1.07. The summed E-state index contributed by atoms with van der Waals surface area (Å²) in [6, 6.07) is 9.68. The van der Waals surface area contributed by atoms with E-state index in [2.05, 4.69) is 5.32 Å². The predicted octanol–water partition coefficient (Wildman–Crippen LogP) is 2.04. The lowest BCUT2D eigenvalue weighted by atomic mass is 10.1. The second kappa shape index (κ2) is 7.21. The van der Waals surface area contributed by atoms with Gasteiger partial charge in [0.2, 0.25) is 5.91 Å². The van der Waals surface area contributed by atoms with Gasteiger partial charge in [-0.1, -0.05) is 17.7 Å². The lowest BCUT2D eigenvalue weighted by Gasteiger charge is -2.13. The van der Waals surface area contributed by atoms with Crippen LogP contribution in [0.25, 0.3) is 0 Å². The minimum Gasteiger partial charge on any atom is -0.387 e. The third-order valence-corrected chi connectivity index (χ3v) is 3.52. The molecule has 0 aliphatic rings. The third-order valence-electron chi connectivity index (χ3n) is 3.22. The summed E-state index contributed by atoms with van der Waals surface area (Å²) in [4.78, 5) is 22.9. The van der Waals surface area contributed by atoms with E-state index in [1.54, 1.807) is 0 Å². The minimum atomic E-state index is -1.07. The SMILES string of the molecule is NC(=O)c1ccc(C(=O)NCC(O)c2ccc(Cl)c(F)c2)cc1. The Morgan fingerprint density at radius 3 is 2.35 bits per heavy atom. The maximum absolute atomic E-state index is 13.3. The summed E-state index contributed by atoms with van der Waals surface area (Å²) in [7, 11) is 0. The molecule has 0 aliphatic carbocycles. The number of hydrogen-bond donors (Lipinski definition) is 3. The zero-order chi connectivity index (χ0) is 17.0. The molecule has 7 heteroatoms. The molecule has 23 heavy (non-hydrogen) atoms. The number of nitrogens with one attached hydrogen (secondary N) is 1. The van der Waals surface area contributed by atoms with Crippen molar-refractivity contribution in [1.29, 1.82) is 0 Å². The summed E-state index contributed by atoms with van der Waals surface area (Å²) < 4.78 is 13.3. The van der Waals surface area contributed by atoms with E-state index in [0.717, 1.165) is 6.07 Å². The molecule has 0 aliphatic heterocycles. The second-order valence-corrected chi connectivity index (χ2v) is 5.25. The van der Waals surface area contributed by atoms with Crippen molar-refractivity contribution < 1.29 is 19.1 Å². The largest absolute Gasteiger partial charge is 0.387 e. The van der Waals surface area contributed by atoms with Gasteiger partial charge in [0, 0.05) is 17.7 Å². The Labute approximate surface area is 136 Å². The molecule has 1 atom stereocenters. The van der Waals surface area contributed by atoms with Crippen LogP contribution < -0.4 is 11.1 Å². The van der Waals surface area contributed by atoms with E-state index >= 15 is 0 Å². The van der Waals surface area contributed by atoms with Gasteiger partial charge in [0.05, 0.1) is 11.1 Å². The zero-order valence-corrected chi connectivity index (χ0v) is 12.7. The average molecular weight is 337 g/mol. The van der Waals surface area contributed by atoms with Gasteiger partial charge in [0.1, 0.15) is 5.82 Å². The highest BCUT2D eigenvalue weighted by atomic mass is 35.5. The second-order valence-electron chi connectivity index (χ2n) is 4.84. The molecule has 120 valence electrons. The van der Waals surface area contributed by atoms with Gasteiger partial charge in [-0.3, -0.25) is 9.59 Å². The molecule has 2 aromatic carbocycles. The van der Waals surface area contributed by atoms with Gasteiger partial charge in [-0.25, -0.2) is 4.39 Å².